The Morgan fingerprint density at radius 3 is 2.38 bits per heavy atom. The molecule has 2 heterocycles. The van der Waals surface area contributed by atoms with E-state index in [0.29, 0.717) is 13.2 Å². The fraction of sp³-hybridized carbons (Fsp3) is 0.615. The maximum atomic E-state index is 5.90. The molecule has 1 aliphatic heterocycles. The van der Waals surface area contributed by atoms with E-state index in [9.17, 15) is 0 Å². The van der Waals surface area contributed by atoms with Crippen LogP contribution in [0.5, 0.6) is 5.75 Å². The molecule has 6 nitrogen and oxygen atoms in total. The Bertz CT molecular complexity index is 730. The van der Waals surface area contributed by atoms with Crippen molar-refractivity contribution in [1.82, 2.24) is 9.97 Å². The Balaban J connectivity index is 1.29. The Kier molecular flexibility index (Phi) is 11.5. The highest BCUT2D eigenvalue weighted by molar-refractivity contribution is 5.55. The summed E-state index contributed by atoms with van der Waals surface area (Å²) < 4.78 is 22.3. The number of hydrogen-bond acceptors (Lipinski definition) is 6. The zero-order chi connectivity index (χ0) is 22.3. The highest BCUT2D eigenvalue weighted by Gasteiger charge is 2.15. The molecule has 1 unspecified atom stereocenters. The third kappa shape index (κ3) is 9.23. The van der Waals surface area contributed by atoms with Gasteiger partial charge in [-0.25, -0.2) is 9.97 Å². The van der Waals surface area contributed by atoms with E-state index in [4.69, 9.17) is 18.9 Å². The van der Waals surface area contributed by atoms with Gasteiger partial charge in [-0.15, -0.1) is 0 Å². The number of nitrogens with zero attached hydrogens (tertiary/aromatic N) is 2. The molecule has 176 valence electrons. The number of unbranched alkanes of at least 4 members (excludes halogenated alkanes) is 4. The number of ether oxygens (including phenoxy) is 4. The van der Waals surface area contributed by atoms with Crippen molar-refractivity contribution < 1.29 is 18.9 Å². The molecule has 2 aromatic rings. The molecule has 1 saturated heterocycles. The predicted molar refractivity (Wildman–Crippen MR) is 126 cm³/mol. The molecule has 1 aromatic carbocycles. The largest absolute Gasteiger partial charge is 0.465 e. The van der Waals surface area contributed by atoms with Crippen LogP contribution in [0, 0.1) is 0 Å². The average Bonchev–Trinajstić information content (AvgIpc) is 2.84. The van der Waals surface area contributed by atoms with Crippen LogP contribution in [0.1, 0.15) is 63.9 Å². The van der Waals surface area contributed by atoms with E-state index in [1.54, 1.807) is 0 Å². The lowest BCUT2D eigenvalue weighted by molar-refractivity contribution is -0.105. The third-order valence-corrected chi connectivity index (χ3v) is 5.55. The maximum absolute atomic E-state index is 5.90. The Morgan fingerprint density at radius 1 is 0.875 bits per heavy atom. The minimum atomic E-state index is -0.121. The molecular formula is C26H38N2O4. The van der Waals surface area contributed by atoms with E-state index in [2.05, 4.69) is 9.97 Å². The SMILES string of the molecule is CCOCCOCCCCCCCc1cnc(-c2ccc(OC3CCCCO3)cc2)nc1. The first-order valence-electron chi connectivity index (χ1n) is 12.2. The topological polar surface area (TPSA) is 62.7 Å². The Labute approximate surface area is 192 Å². The monoisotopic (exact) mass is 442 g/mol. The van der Waals surface area contributed by atoms with Crippen LogP contribution < -0.4 is 4.74 Å². The number of rotatable bonds is 15. The van der Waals surface area contributed by atoms with Crippen LogP contribution >= 0.6 is 0 Å². The number of hydrogen-bond donors (Lipinski definition) is 0. The van der Waals surface area contributed by atoms with Gasteiger partial charge in [-0.3, -0.25) is 0 Å². The molecule has 1 aliphatic rings. The summed E-state index contributed by atoms with van der Waals surface area (Å²) in [6, 6.07) is 7.95. The molecule has 0 spiro atoms. The van der Waals surface area contributed by atoms with Gasteiger partial charge in [0, 0.05) is 37.6 Å². The van der Waals surface area contributed by atoms with Crippen molar-refractivity contribution in [1.29, 1.82) is 0 Å². The zero-order valence-corrected chi connectivity index (χ0v) is 19.5. The first-order valence-corrected chi connectivity index (χ1v) is 12.2. The van der Waals surface area contributed by atoms with Crippen LogP contribution in [-0.2, 0) is 20.6 Å². The summed E-state index contributed by atoms with van der Waals surface area (Å²) >= 11 is 0. The molecule has 1 atom stereocenters. The molecule has 0 bridgehead atoms. The normalized spacial score (nSPS) is 16.2. The summed E-state index contributed by atoms with van der Waals surface area (Å²) in [6.45, 7) is 5.79. The molecular weight excluding hydrogens is 404 g/mol. The van der Waals surface area contributed by atoms with Gasteiger partial charge in [0.25, 0.3) is 0 Å². The van der Waals surface area contributed by atoms with Gasteiger partial charge in [-0.2, -0.15) is 0 Å². The van der Waals surface area contributed by atoms with Gasteiger partial charge < -0.3 is 18.9 Å². The van der Waals surface area contributed by atoms with Crippen LogP contribution in [0.2, 0.25) is 0 Å². The fourth-order valence-corrected chi connectivity index (χ4v) is 3.70. The first-order chi connectivity index (χ1) is 15.8. The summed E-state index contributed by atoms with van der Waals surface area (Å²) in [5, 5.41) is 0. The van der Waals surface area contributed by atoms with Crippen LogP contribution in [0.4, 0.5) is 0 Å². The van der Waals surface area contributed by atoms with E-state index >= 15 is 0 Å². The molecule has 32 heavy (non-hydrogen) atoms. The van der Waals surface area contributed by atoms with Crippen molar-refractivity contribution in [3.63, 3.8) is 0 Å². The summed E-state index contributed by atoms with van der Waals surface area (Å²) in [5.41, 5.74) is 2.19. The van der Waals surface area contributed by atoms with Crippen LogP contribution in [0.25, 0.3) is 11.4 Å². The van der Waals surface area contributed by atoms with Gasteiger partial charge in [0.2, 0.25) is 0 Å². The van der Waals surface area contributed by atoms with Gasteiger partial charge in [0.05, 0.1) is 19.8 Å². The van der Waals surface area contributed by atoms with Crippen molar-refractivity contribution in [2.45, 2.75) is 71.0 Å². The molecule has 0 radical (unpaired) electrons. The summed E-state index contributed by atoms with van der Waals surface area (Å²) in [5.74, 6) is 1.58. The molecule has 3 rings (SSSR count). The lowest BCUT2D eigenvalue weighted by Gasteiger charge is -2.23. The van der Waals surface area contributed by atoms with Crippen LogP contribution in [0.3, 0.4) is 0 Å². The number of benzene rings is 1. The highest BCUT2D eigenvalue weighted by atomic mass is 16.7. The predicted octanol–water partition coefficient (Wildman–Crippen LogP) is 5.60. The van der Waals surface area contributed by atoms with Gasteiger partial charge in [0.15, 0.2) is 12.1 Å². The van der Waals surface area contributed by atoms with E-state index in [1.165, 1.54) is 31.2 Å². The van der Waals surface area contributed by atoms with Gasteiger partial charge >= 0.3 is 0 Å². The molecule has 1 fully saturated rings. The third-order valence-electron chi connectivity index (χ3n) is 5.55. The van der Waals surface area contributed by atoms with Crippen LogP contribution in [0.15, 0.2) is 36.7 Å². The molecule has 1 aromatic heterocycles. The minimum absolute atomic E-state index is 0.121. The molecule has 0 amide bonds. The average molecular weight is 443 g/mol. The van der Waals surface area contributed by atoms with E-state index < -0.39 is 0 Å². The van der Waals surface area contributed by atoms with Crippen molar-refractivity contribution in [3.05, 3.63) is 42.2 Å². The van der Waals surface area contributed by atoms with Crippen LogP contribution in [-0.4, -0.2) is 49.3 Å². The minimum Gasteiger partial charge on any atom is -0.465 e. The summed E-state index contributed by atoms with van der Waals surface area (Å²) in [6.07, 6.45) is 14.0. The fourth-order valence-electron chi connectivity index (χ4n) is 3.70. The molecule has 6 heteroatoms. The van der Waals surface area contributed by atoms with E-state index in [-0.39, 0.29) is 6.29 Å². The quantitative estimate of drug-likeness (QED) is 0.335. The van der Waals surface area contributed by atoms with E-state index in [1.807, 2.05) is 43.6 Å². The Hall–Kier alpha value is -2.02. The lowest BCUT2D eigenvalue weighted by Crippen LogP contribution is -2.24. The smallest absolute Gasteiger partial charge is 0.199 e. The second-order valence-corrected chi connectivity index (χ2v) is 8.18. The number of aromatic nitrogens is 2. The summed E-state index contributed by atoms with van der Waals surface area (Å²) in [4.78, 5) is 9.12. The molecule has 0 N–H and O–H groups in total. The standard InChI is InChI=1S/C26H38N2O4/c1-2-29-18-19-30-16-8-5-3-4-6-10-22-20-27-26(28-21-22)23-12-14-24(15-13-23)32-25-11-7-9-17-31-25/h12-15,20-21,25H,2-11,16-19H2,1H3. The van der Waals surface area contributed by atoms with Crippen molar-refractivity contribution in [3.8, 4) is 17.1 Å². The highest BCUT2D eigenvalue weighted by Crippen LogP contribution is 2.23. The van der Waals surface area contributed by atoms with Crippen molar-refractivity contribution >= 4 is 0 Å². The summed E-state index contributed by atoms with van der Waals surface area (Å²) in [7, 11) is 0. The van der Waals surface area contributed by atoms with E-state index in [0.717, 1.165) is 69.1 Å². The van der Waals surface area contributed by atoms with Crippen molar-refractivity contribution in [2.75, 3.05) is 33.0 Å². The number of aryl methyl sites for hydroxylation is 1. The Morgan fingerprint density at radius 2 is 1.62 bits per heavy atom. The molecule has 0 aliphatic carbocycles. The molecule has 0 saturated carbocycles. The van der Waals surface area contributed by atoms with Gasteiger partial charge in [0.1, 0.15) is 5.75 Å². The van der Waals surface area contributed by atoms with Gasteiger partial charge in [-0.1, -0.05) is 19.3 Å². The first kappa shape index (κ1) is 24.6. The van der Waals surface area contributed by atoms with Gasteiger partial charge in [-0.05, 0) is 68.9 Å². The lowest BCUT2D eigenvalue weighted by atomic mass is 10.1. The zero-order valence-electron chi connectivity index (χ0n) is 19.5. The van der Waals surface area contributed by atoms with Crippen molar-refractivity contribution in [2.24, 2.45) is 0 Å². The second kappa shape index (κ2) is 14.9. The maximum Gasteiger partial charge on any atom is 0.199 e. The second-order valence-electron chi connectivity index (χ2n) is 8.18.